The van der Waals surface area contributed by atoms with Gasteiger partial charge < -0.3 is 5.11 Å². The molecule has 0 aliphatic carbocycles. The predicted octanol–water partition coefficient (Wildman–Crippen LogP) is 4.82. The van der Waals surface area contributed by atoms with Gasteiger partial charge >= 0.3 is 0 Å². The summed E-state index contributed by atoms with van der Waals surface area (Å²) in [6.45, 7) is 1.62. The lowest BCUT2D eigenvalue weighted by molar-refractivity contribution is 0.198. The minimum absolute atomic E-state index is 0.310. The van der Waals surface area contributed by atoms with Crippen LogP contribution in [0.2, 0.25) is 5.02 Å². The average Bonchev–Trinajstić information content (AvgIpc) is 2.39. The fourth-order valence-corrected chi connectivity index (χ4v) is 2.87. The molecule has 1 N–H and O–H groups in total. The Morgan fingerprint density at radius 3 is 2.63 bits per heavy atom. The molecule has 0 aliphatic rings. The van der Waals surface area contributed by atoms with Crippen molar-refractivity contribution >= 4 is 23.4 Å². The van der Waals surface area contributed by atoms with Gasteiger partial charge in [0.2, 0.25) is 0 Å². The molecular weight excluding hydrogens is 283 g/mol. The summed E-state index contributed by atoms with van der Waals surface area (Å²) < 4.78 is 13.8. The van der Waals surface area contributed by atoms with Crippen molar-refractivity contribution in [3.63, 3.8) is 0 Å². The first-order valence-electron chi connectivity index (χ1n) is 5.91. The molecule has 1 atom stereocenters. The molecular formula is C15H14ClFOS. The molecule has 100 valence electrons. The van der Waals surface area contributed by atoms with Gasteiger partial charge in [-0.2, -0.15) is 0 Å². The molecule has 0 fully saturated rings. The van der Waals surface area contributed by atoms with E-state index in [9.17, 15) is 9.50 Å². The van der Waals surface area contributed by atoms with E-state index in [1.54, 1.807) is 19.1 Å². The summed E-state index contributed by atoms with van der Waals surface area (Å²) in [6.07, 6.45) is -0.655. The normalized spacial score (nSPS) is 12.4. The Kier molecular flexibility index (Phi) is 4.86. The van der Waals surface area contributed by atoms with E-state index in [0.717, 1.165) is 5.56 Å². The number of rotatable bonds is 4. The second kappa shape index (κ2) is 6.42. The summed E-state index contributed by atoms with van der Waals surface area (Å²) >= 11 is 7.45. The van der Waals surface area contributed by atoms with Gasteiger partial charge in [0.05, 0.1) is 6.10 Å². The molecule has 4 heteroatoms. The highest BCUT2D eigenvalue weighted by atomic mass is 35.5. The summed E-state index contributed by atoms with van der Waals surface area (Å²) in [7, 11) is 0. The first-order chi connectivity index (χ1) is 9.08. The molecule has 0 radical (unpaired) electrons. The van der Waals surface area contributed by atoms with Crippen LogP contribution >= 0.6 is 23.4 Å². The molecule has 0 amide bonds. The number of aliphatic hydroxyl groups is 1. The molecule has 0 aromatic heterocycles. The minimum atomic E-state index is -0.655. The highest BCUT2D eigenvalue weighted by molar-refractivity contribution is 7.98. The number of thioether (sulfide) groups is 1. The maximum absolute atomic E-state index is 13.8. The molecule has 0 saturated carbocycles. The van der Waals surface area contributed by atoms with Crippen LogP contribution in [-0.2, 0) is 5.75 Å². The second-order valence-corrected chi connectivity index (χ2v) is 5.67. The van der Waals surface area contributed by atoms with Crippen molar-refractivity contribution in [2.45, 2.75) is 23.7 Å². The van der Waals surface area contributed by atoms with Gasteiger partial charge in [0.1, 0.15) is 5.82 Å². The Hall–Kier alpha value is -1.03. The van der Waals surface area contributed by atoms with Gasteiger partial charge in [0.15, 0.2) is 0 Å². The van der Waals surface area contributed by atoms with Crippen LogP contribution in [0, 0.1) is 5.82 Å². The fraction of sp³-hybridized carbons (Fsp3) is 0.200. The third-order valence-electron chi connectivity index (χ3n) is 2.78. The molecule has 0 saturated heterocycles. The smallest absolute Gasteiger partial charge is 0.137 e. The SMILES string of the molecule is CC(O)c1ccc(SCc2ccccc2Cl)c(F)c1. The number of benzene rings is 2. The second-order valence-electron chi connectivity index (χ2n) is 4.25. The zero-order valence-corrected chi connectivity index (χ0v) is 12.0. The van der Waals surface area contributed by atoms with Crippen molar-refractivity contribution in [1.82, 2.24) is 0 Å². The van der Waals surface area contributed by atoms with Crippen LogP contribution in [0.4, 0.5) is 4.39 Å². The fourth-order valence-electron chi connectivity index (χ4n) is 1.66. The van der Waals surface area contributed by atoms with Crippen molar-refractivity contribution in [3.8, 4) is 0 Å². The van der Waals surface area contributed by atoms with Crippen LogP contribution in [0.25, 0.3) is 0 Å². The first-order valence-corrected chi connectivity index (χ1v) is 7.28. The third kappa shape index (κ3) is 3.72. The van der Waals surface area contributed by atoms with Crippen LogP contribution < -0.4 is 0 Å². The van der Waals surface area contributed by atoms with Crippen LogP contribution in [0.1, 0.15) is 24.2 Å². The Morgan fingerprint density at radius 1 is 1.26 bits per heavy atom. The lowest BCUT2D eigenvalue weighted by Crippen LogP contribution is -1.93. The monoisotopic (exact) mass is 296 g/mol. The standard InChI is InChI=1S/C15H14ClFOS/c1-10(18)11-6-7-15(14(17)8-11)19-9-12-4-2-3-5-13(12)16/h2-8,10,18H,9H2,1H3. The minimum Gasteiger partial charge on any atom is -0.389 e. The highest BCUT2D eigenvalue weighted by Gasteiger charge is 2.08. The molecule has 0 heterocycles. The molecule has 2 rings (SSSR count). The van der Waals surface area contributed by atoms with Crippen LogP contribution in [0.5, 0.6) is 0 Å². The van der Waals surface area contributed by atoms with Crippen molar-refractivity contribution in [1.29, 1.82) is 0 Å². The Bertz CT molecular complexity index is 572. The van der Waals surface area contributed by atoms with Crippen LogP contribution in [0.15, 0.2) is 47.4 Å². The highest BCUT2D eigenvalue weighted by Crippen LogP contribution is 2.29. The van der Waals surface area contributed by atoms with Gasteiger partial charge in [0, 0.05) is 15.7 Å². The van der Waals surface area contributed by atoms with Gasteiger partial charge in [-0.25, -0.2) is 4.39 Å². The van der Waals surface area contributed by atoms with Gasteiger partial charge in [0.25, 0.3) is 0 Å². The summed E-state index contributed by atoms with van der Waals surface area (Å²) in [4.78, 5) is 0.560. The topological polar surface area (TPSA) is 20.2 Å². The molecule has 19 heavy (non-hydrogen) atoms. The number of hydrogen-bond acceptors (Lipinski definition) is 2. The van der Waals surface area contributed by atoms with Crippen molar-refractivity contribution in [3.05, 3.63) is 64.4 Å². The van der Waals surface area contributed by atoms with E-state index >= 15 is 0 Å². The average molecular weight is 297 g/mol. The van der Waals surface area contributed by atoms with Crippen LogP contribution in [0.3, 0.4) is 0 Å². The number of aliphatic hydroxyl groups excluding tert-OH is 1. The molecule has 2 aromatic rings. The third-order valence-corrected chi connectivity index (χ3v) is 4.25. The number of halogens is 2. The lowest BCUT2D eigenvalue weighted by atomic mass is 10.1. The summed E-state index contributed by atoms with van der Waals surface area (Å²) in [5, 5.41) is 10.1. The van der Waals surface area contributed by atoms with E-state index in [4.69, 9.17) is 11.6 Å². The van der Waals surface area contributed by atoms with Crippen LogP contribution in [-0.4, -0.2) is 5.11 Å². The molecule has 0 aliphatic heterocycles. The Balaban J connectivity index is 2.10. The van der Waals surface area contributed by atoms with E-state index in [0.29, 0.717) is 21.2 Å². The zero-order valence-electron chi connectivity index (χ0n) is 10.4. The largest absolute Gasteiger partial charge is 0.389 e. The van der Waals surface area contributed by atoms with E-state index in [1.807, 2.05) is 24.3 Å². The molecule has 0 bridgehead atoms. The van der Waals surface area contributed by atoms with Gasteiger partial charge in [-0.15, -0.1) is 11.8 Å². The van der Waals surface area contributed by atoms with Crippen molar-refractivity contribution < 1.29 is 9.50 Å². The molecule has 2 aromatic carbocycles. The van der Waals surface area contributed by atoms with E-state index in [2.05, 4.69) is 0 Å². The predicted molar refractivity (Wildman–Crippen MR) is 78.0 cm³/mol. The molecule has 1 unspecified atom stereocenters. The molecule has 0 spiro atoms. The quantitative estimate of drug-likeness (QED) is 0.816. The maximum Gasteiger partial charge on any atom is 0.137 e. The van der Waals surface area contributed by atoms with Crippen molar-refractivity contribution in [2.75, 3.05) is 0 Å². The Labute approximate surface area is 121 Å². The lowest BCUT2D eigenvalue weighted by Gasteiger charge is -2.08. The number of hydrogen-bond donors (Lipinski definition) is 1. The van der Waals surface area contributed by atoms with E-state index in [-0.39, 0.29) is 5.82 Å². The van der Waals surface area contributed by atoms with Gasteiger partial charge in [-0.3, -0.25) is 0 Å². The summed E-state index contributed by atoms with van der Waals surface area (Å²) in [6, 6.07) is 12.3. The molecule has 1 nitrogen and oxygen atoms in total. The van der Waals surface area contributed by atoms with E-state index < -0.39 is 6.10 Å². The first kappa shape index (κ1) is 14.4. The zero-order chi connectivity index (χ0) is 13.8. The van der Waals surface area contributed by atoms with Crippen molar-refractivity contribution in [2.24, 2.45) is 0 Å². The summed E-state index contributed by atoms with van der Waals surface area (Å²) in [5.41, 5.74) is 1.56. The Morgan fingerprint density at radius 2 is 2.00 bits per heavy atom. The van der Waals surface area contributed by atoms with Gasteiger partial charge in [-0.1, -0.05) is 35.9 Å². The van der Waals surface area contributed by atoms with E-state index in [1.165, 1.54) is 17.8 Å². The summed E-state index contributed by atoms with van der Waals surface area (Å²) in [5.74, 6) is 0.306. The maximum atomic E-state index is 13.8. The van der Waals surface area contributed by atoms with Gasteiger partial charge in [-0.05, 0) is 36.2 Å².